The third kappa shape index (κ3) is 8.20. The topological polar surface area (TPSA) is 37.3 Å². The number of unbranched alkanes of at least 4 members (excludes halogenated alkanes) is 2. The molecule has 0 saturated heterocycles. The summed E-state index contributed by atoms with van der Waals surface area (Å²) in [6, 6.07) is 0. The molecule has 1 atom stereocenters. The van der Waals surface area contributed by atoms with Crippen LogP contribution in [0.15, 0.2) is 58.7 Å². The second-order valence-corrected chi connectivity index (χ2v) is 9.60. The zero-order valence-electron chi connectivity index (χ0n) is 19.8. The van der Waals surface area contributed by atoms with Crippen molar-refractivity contribution in [2.45, 2.75) is 93.4 Å². The minimum absolute atomic E-state index is 0.257. The first-order valence-corrected chi connectivity index (χ1v) is 11.2. The van der Waals surface area contributed by atoms with Gasteiger partial charge in [0, 0.05) is 0 Å². The smallest absolute Gasteiger partial charge is 0.313 e. The molecule has 0 aromatic rings. The molecular formula is C27H42O2. The highest BCUT2D eigenvalue weighted by Crippen LogP contribution is 2.40. The highest BCUT2D eigenvalue weighted by Gasteiger charge is 2.29. The van der Waals surface area contributed by atoms with Gasteiger partial charge in [0.15, 0.2) is 0 Å². The van der Waals surface area contributed by atoms with E-state index in [4.69, 9.17) is 0 Å². The van der Waals surface area contributed by atoms with Crippen LogP contribution in [0.2, 0.25) is 0 Å². The molecule has 0 aromatic heterocycles. The van der Waals surface area contributed by atoms with Gasteiger partial charge in [-0.05, 0) is 64.4 Å². The first-order valence-electron chi connectivity index (χ1n) is 11.2. The Morgan fingerprint density at radius 3 is 2.45 bits per heavy atom. The van der Waals surface area contributed by atoms with E-state index in [2.05, 4.69) is 52.8 Å². The van der Waals surface area contributed by atoms with Crippen molar-refractivity contribution in [3.05, 3.63) is 58.7 Å². The monoisotopic (exact) mass is 398 g/mol. The lowest BCUT2D eigenvalue weighted by atomic mass is 9.72. The normalized spacial score (nSPS) is 20.5. The van der Waals surface area contributed by atoms with E-state index in [1.54, 1.807) is 0 Å². The molecule has 0 fully saturated rings. The van der Waals surface area contributed by atoms with E-state index in [1.807, 2.05) is 32.1 Å². The van der Waals surface area contributed by atoms with Gasteiger partial charge in [-0.2, -0.15) is 0 Å². The van der Waals surface area contributed by atoms with E-state index in [0.717, 1.165) is 24.8 Å². The quantitative estimate of drug-likeness (QED) is 0.297. The molecule has 0 aliphatic heterocycles. The van der Waals surface area contributed by atoms with Crippen LogP contribution in [0, 0.1) is 10.8 Å². The van der Waals surface area contributed by atoms with Crippen molar-refractivity contribution >= 4 is 5.97 Å². The molecule has 1 N–H and O–H groups in total. The summed E-state index contributed by atoms with van der Waals surface area (Å²) in [5.74, 6) is -0.741. The van der Waals surface area contributed by atoms with Gasteiger partial charge in [-0.15, -0.1) is 0 Å². The van der Waals surface area contributed by atoms with Crippen molar-refractivity contribution in [2.75, 3.05) is 0 Å². The van der Waals surface area contributed by atoms with Gasteiger partial charge in [-0.25, -0.2) is 0 Å². The lowest BCUT2D eigenvalue weighted by Gasteiger charge is -2.32. The molecule has 0 aromatic carbocycles. The summed E-state index contributed by atoms with van der Waals surface area (Å²) in [6.07, 6.45) is 20.0. The van der Waals surface area contributed by atoms with Gasteiger partial charge in [0.25, 0.3) is 0 Å². The van der Waals surface area contributed by atoms with E-state index >= 15 is 0 Å². The molecule has 1 aliphatic carbocycles. The van der Waals surface area contributed by atoms with Crippen LogP contribution in [0.3, 0.4) is 0 Å². The molecule has 162 valence electrons. The lowest BCUT2D eigenvalue weighted by Crippen LogP contribution is -2.25. The summed E-state index contributed by atoms with van der Waals surface area (Å²) < 4.78 is 0. The fourth-order valence-corrected chi connectivity index (χ4v) is 4.17. The Bertz CT molecular complexity index is 713. The highest BCUT2D eigenvalue weighted by molar-refractivity contribution is 5.76. The van der Waals surface area contributed by atoms with Gasteiger partial charge in [-0.3, -0.25) is 4.79 Å². The van der Waals surface area contributed by atoms with Crippen LogP contribution in [0.4, 0.5) is 0 Å². The zero-order chi connectivity index (χ0) is 22.1. The van der Waals surface area contributed by atoms with Gasteiger partial charge >= 0.3 is 5.97 Å². The highest BCUT2D eigenvalue weighted by atomic mass is 16.4. The maximum absolute atomic E-state index is 11.8. The van der Waals surface area contributed by atoms with Crippen molar-refractivity contribution in [3.63, 3.8) is 0 Å². The van der Waals surface area contributed by atoms with E-state index in [0.29, 0.717) is 6.42 Å². The van der Waals surface area contributed by atoms with Crippen LogP contribution in [-0.4, -0.2) is 11.1 Å². The van der Waals surface area contributed by atoms with Gasteiger partial charge in [0.05, 0.1) is 5.41 Å². The number of carboxylic acids is 1. The summed E-state index contributed by atoms with van der Waals surface area (Å²) in [5.41, 5.74) is 4.63. The van der Waals surface area contributed by atoms with Crippen molar-refractivity contribution in [3.8, 4) is 0 Å². The molecule has 0 saturated carbocycles. The minimum atomic E-state index is -0.793. The van der Waals surface area contributed by atoms with Crippen molar-refractivity contribution in [2.24, 2.45) is 10.8 Å². The molecule has 1 aliphatic rings. The molecule has 0 amide bonds. The molecule has 0 heterocycles. The summed E-state index contributed by atoms with van der Waals surface area (Å²) in [6.45, 7) is 15.0. The predicted molar refractivity (Wildman–Crippen MR) is 126 cm³/mol. The second kappa shape index (κ2) is 11.4. The van der Waals surface area contributed by atoms with Crippen LogP contribution in [-0.2, 0) is 4.79 Å². The second-order valence-electron chi connectivity index (χ2n) is 9.60. The van der Waals surface area contributed by atoms with Crippen LogP contribution in [0.5, 0.6) is 0 Å². The van der Waals surface area contributed by atoms with Crippen molar-refractivity contribution in [1.29, 1.82) is 0 Å². The fraction of sp³-hybridized carbons (Fsp3) is 0.593. The first-order chi connectivity index (χ1) is 13.5. The number of carboxylic acid groups (broad SMARTS) is 1. The molecule has 0 spiro atoms. The largest absolute Gasteiger partial charge is 0.481 e. The number of rotatable bonds is 10. The maximum Gasteiger partial charge on any atom is 0.313 e. The maximum atomic E-state index is 11.8. The summed E-state index contributed by atoms with van der Waals surface area (Å²) in [5, 5.41) is 9.66. The average molecular weight is 399 g/mol. The molecule has 2 heteroatoms. The Labute approximate surface area is 179 Å². The minimum Gasteiger partial charge on any atom is -0.481 e. The summed E-state index contributed by atoms with van der Waals surface area (Å²) >= 11 is 0. The number of carbonyl (C=O) groups is 1. The lowest BCUT2D eigenvalue weighted by molar-refractivity contribution is -0.145. The average Bonchev–Trinajstić information content (AvgIpc) is 2.60. The standard InChI is InChI=1S/C27H42O2/c1-8-9-10-19-27(7,25(28)29)20-22(3)14-11-13-21(2)16-17-24-23(4)15-12-18-26(24,5)6/h11,13-14,16-17,20H,8-10,12,15,18-19H2,1-7H3,(H,28,29)/b14-11+,17-16+,21-13-,22-20+. The van der Waals surface area contributed by atoms with Crippen LogP contribution in [0.25, 0.3) is 0 Å². The Kier molecular flexibility index (Phi) is 9.89. The van der Waals surface area contributed by atoms with E-state index in [-0.39, 0.29) is 5.41 Å². The Morgan fingerprint density at radius 1 is 1.17 bits per heavy atom. The summed E-state index contributed by atoms with van der Waals surface area (Å²) in [7, 11) is 0. The van der Waals surface area contributed by atoms with Crippen molar-refractivity contribution in [1.82, 2.24) is 0 Å². The molecule has 0 radical (unpaired) electrons. The van der Waals surface area contributed by atoms with E-state index in [1.165, 1.54) is 36.0 Å². The first kappa shape index (κ1) is 25.2. The molecular weight excluding hydrogens is 356 g/mol. The third-order valence-corrected chi connectivity index (χ3v) is 6.11. The zero-order valence-corrected chi connectivity index (χ0v) is 19.8. The van der Waals surface area contributed by atoms with Gasteiger partial charge in [0.1, 0.15) is 0 Å². The molecule has 29 heavy (non-hydrogen) atoms. The van der Waals surface area contributed by atoms with Crippen LogP contribution >= 0.6 is 0 Å². The number of hydrogen-bond acceptors (Lipinski definition) is 1. The number of aliphatic carboxylic acids is 1. The molecule has 1 unspecified atom stereocenters. The molecule has 1 rings (SSSR count). The fourth-order valence-electron chi connectivity index (χ4n) is 4.17. The predicted octanol–water partition coefficient (Wildman–Crippen LogP) is 8.19. The van der Waals surface area contributed by atoms with E-state index < -0.39 is 11.4 Å². The van der Waals surface area contributed by atoms with E-state index in [9.17, 15) is 9.90 Å². The van der Waals surface area contributed by atoms with Gasteiger partial charge < -0.3 is 5.11 Å². The van der Waals surface area contributed by atoms with Crippen molar-refractivity contribution < 1.29 is 9.90 Å². The molecule has 0 bridgehead atoms. The van der Waals surface area contributed by atoms with Crippen LogP contribution in [0.1, 0.15) is 93.4 Å². The van der Waals surface area contributed by atoms with Gasteiger partial charge in [-0.1, -0.05) is 93.2 Å². The summed E-state index contributed by atoms with van der Waals surface area (Å²) in [4.78, 5) is 11.8. The van der Waals surface area contributed by atoms with Gasteiger partial charge in [0.2, 0.25) is 0 Å². The third-order valence-electron chi connectivity index (χ3n) is 6.11. The Hall–Kier alpha value is -1.83. The SMILES string of the molecule is CCCCCC(C)(/C=C(C)/C=C/C=C(C)\C=C\C1=C(C)CCCC1(C)C)C(=O)O. The Balaban J connectivity index is 2.84. The number of hydrogen-bond donors (Lipinski definition) is 1. The Morgan fingerprint density at radius 2 is 1.86 bits per heavy atom. The van der Waals surface area contributed by atoms with Crippen LogP contribution < -0.4 is 0 Å². The number of allylic oxidation sites excluding steroid dienone is 9. The molecule has 2 nitrogen and oxygen atoms in total.